The molecule has 2 aromatic carbocycles. The largest absolute Gasteiger partial charge is 0.490 e. The fraction of sp³-hybridized carbons (Fsp3) is 0.333. The minimum absolute atomic E-state index is 0.000808. The van der Waals surface area contributed by atoms with Gasteiger partial charge >= 0.3 is 0 Å². The Morgan fingerprint density at radius 2 is 1.70 bits per heavy atom. The smallest absolute Gasteiger partial charge is 0.248 e. The fourth-order valence-electron chi connectivity index (χ4n) is 2.95. The lowest BCUT2D eigenvalue weighted by atomic mass is 10.1. The zero-order valence-electron chi connectivity index (χ0n) is 18.1. The van der Waals surface area contributed by atoms with Crippen molar-refractivity contribution in [2.24, 2.45) is 0 Å². The molecule has 6 heteroatoms. The van der Waals surface area contributed by atoms with Crippen LogP contribution >= 0.6 is 0 Å². The molecule has 0 aromatic heterocycles. The summed E-state index contributed by atoms with van der Waals surface area (Å²) in [5.41, 5.74) is 2.41. The summed E-state index contributed by atoms with van der Waals surface area (Å²) in [7, 11) is 0. The summed E-state index contributed by atoms with van der Waals surface area (Å²) < 4.78 is 11.2. The van der Waals surface area contributed by atoms with Gasteiger partial charge in [0.15, 0.2) is 11.5 Å². The van der Waals surface area contributed by atoms with Gasteiger partial charge in [-0.05, 0) is 56.2 Å². The first-order valence-corrected chi connectivity index (χ1v) is 10.2. The minimum Gasteiger partial charge on any atom is -0.490 e. The molecule has 0 aliphatic carbocycles. The van der Waals surface area contributed by atoms with Crippen LogP contribution in [-0.4, -0.2) is 36.5 Å². The Hall–Kier alpha value is -3.28. The van der Waals surface area contributed by atoms with Gasteiger partial charge in [-0.15, -0.1) is 0 Å². The number of ether oxygens (including phenoxy) is 2. The highest BCUT2D eigenvalue weighted by molar-refractivity contribution is 6.02. The number of benzene rings is 2. The Balaban J connectivity index is 2.11. The number of para-hydroxylation sites is 1. The van der Waals surface area contributed by atoms with Crippen LogP contribution in [0.3, 0.4) is 0 Å². The van der Waals surface area contributed by atoms with Gasteiger partial charge in [0.1, 0.15) is 0 Å². The van der Waals surface area contributed by atoms with Crippen molar-refractivity contribution in [2.45, 2.75) is 34.2 Å². The number of nitrogens with one attached hydrogen (secondary N) is 1. The van der Waals surface area contributed by atoms with Crippen molar-refractivity contribution < 1.29 is 19.1 Å². The number of carbonyl (C=O) groups is 2. The Bertz CT molecular complexity index is 893. The van der Waals surface area contributed by atoms with E-state index in [1.165, 1.54) is 6.08 Å². The molecule has 2 aromatic rings. The average Bonchev–Trinajstić information content (AvgIpc) is 2.73. The number of anilines is 1. The molecule has 0 unspecified atom stereocenters. The predicted octanol–water partition coefficient (Wildman–Crippen LogP) is 4.50. The number of hydrogen-bond donors (Lipinski definition) is 1. The van der Waals surface area contributed by atoms with Gasteiger partial charge in [0, 0.05) is 31.8 Å². The van der Waals surface area contributed by atoms with E-state index < -0.39 is 0 Å². The molecule has 0 saturated heterocycles. The van der Waals surface area contributed by atoms with Crippen molar-refractivity contribution >= 4 is 23.6 Å². The molecule has 0 heterocycles. The molecule has 0 spiro atoms. The van der Waals surface area contributed by atoms with Gasteiger partial charge < -0.3 is 19.7 Å². The van der Waals surface area contributed by atoms with Crippen LogP contribution in [0, 0.1) is 0 Å². The summed E-state index contributed by atoms with van der Waals surface area (Å²) in [6.07, 6.45) is 3.20. The van der Waals surface area contributed by atoms with E-state index >= 15 is 0 Å². The second kappa shape index (κ2) is 11.7. The molecule has 0 radical (unpaired) electrons. The lowest BCUT2D eigenvalue weighted by Crippen LogP contribution is -2.28. The molecular formula is C24H30N2O4. The van der Waals surface area contributed by atoms with E-state index in [1.807, 2.05) is 63.2 Å². The lowest BCUT2D eigenvalue weighted by molar-refractivity contribution is -0.129. The molecule has 2 rings (SSSR count). The third kappa shape index (κ3) is 6.65. The average molecular weight is 411 g/mol. The predicted molar refractivity (Wildman–Crippen MR) is 120 cm³/mol. The van der Waals surface area contributed by atoms with Crippen molar-refractivity contribution in [1.29, 1.82) is 0 Å². The van der Waals surface area contributed by atoms with Gasteiger partial charge in [-0.1, -0.05) is 24.3 Å². The topological polar surface area (TPSA) is 67.9 Å². The molecule has 1 N–H and O–H groups in total. The van der Waals surface area contributed by atoms with E-state index in [0.29, 0.717) is 43.5 Å². The molecular weight excluding hydrogens is 380 g/mol. The van der Waals surface area contributed by atoms with Crippen molar-refractivity contribution in [3.63, 3.8) is 0 Å². The van der Waals surface area contributed by atoms with Crippen molar-refractivity contribution in [3.05, 3.63) is 59.7 Å². The van der Waals surface area contributed by atoms with Crippen LogP contribution in [0.2, 0.25) is 0 Å². The first kappa shape index (κ1) is 23.0. The third-order valence-corrected chi connectivity index (χ3v) is 4.46. The van der Waals surface area contributed by atoms with Crippen LogP contribution in [0.15, 0.2) is 48.5 Å². The number of carbonyl (C=O) groups excluding carboxylic acids is 2. The molecule has 2 amide bonds. The maximum atomic E-state index is 12.5. The molecule has 30 heavy (non-hydrogen) atoms. The zero-order chi connectivity index (χ0) is 21.9. The van der Waals surface area contributed by atoms with E-state index in [0.717, 1.165) is 11.1 Å². The Kier molecular flexibility index (Phi) is 8.94. The van der Waals surface area contributed by atoms with Gasteiger partial charge in [-0.25, -0.2) is 0 Å². The second-order valence-corrected chi connectivity index (χ2v) is 6.59. The summed E-state index contributed by atoms with van der Waals surface area (Å²) in [4.78, 5) is 25.9. The van der Waals surface area contributed by atoms with Gasteiger partial charge in [0.2, 0.25) is 11.8 Å². The van der Waals surface area contributed by atoms with E-state index in [4.69, 9.17) is 9.47 Å². The van der Waals surface area contributed by atoms with Crippen molar-refractivity contribution in [1.82, 2.24) is 4.90 Å². The highest BCUT2D eigenvalue weighted by atomic mass is 16.5. The van der Waals surface area contributed by atoms with Crippen LogP contribution in [0.4, 0.5) is 5.69 Å². The molecule has 0 atom stereocenters. The van der Waals surface area contributed by atoms with E-state index in [9.17, 15) is 9.59 Å². The molecule has 160 valence electrons. The summed E-state index contributed by atoms with van der Waals surface area (Å²) in [6, 6.07) is 13.0. The normalized spacial score (nSPS) is 10.7. The number of hydrogen-bond acceptors (Lipinski definition) is 4. The molecule has 0 saturated carbocycles. The monoisotopic (exact) mass is 410 g/mol. The Morgan fingerprint density at radius 3 is 2.37 bits per heavy atom. The van der Waals surface area contributed by atoms with Crippen molar-refractivity contribution in [3.8, 4) is 11.5 Å². The number of nitrogens with zero attached hydrogens (tertiary/aromatic N) is 1. The van der Waals surface area contributed by atoms with Crippen molar-refractivity contribution in [2.75, 3.05) is 25.1 Å². The molecule has 0 aliphatic rings. The molecule has 0 bridgehead atoms. The maximum absolute atomic E-state index is 12.5. The number of amides is 2. The summed E-state index contributed by atoms with van der Waals surface area (Å²) in [5, 5.41) is 2.90. The van der Waals surface area contributed by atoms with E-state index in [1.54, 1.807) is 17.9 Å². The van der Waals surface area contributed by atoms with Crippen LogP contribution in [0.25, 0.3) is 6.08 Å². The van der Waals surface area contributed by atoms with Crippen LogP contribution in [0.1, 0.15) is 38.8 Å². The Labute approximate surface area is 178 Å². The SMILES string of the molecule is CCOc1ccc(/C=C/C(=O)Nc2ccccc2CN(CC)C(C)=O)cc1OCC. The van der Waals surface area contributed by atoms with Gasteiger partial charge in [0.25, 0.3) is 0 Å². The minimum atomic E-state index is -0.250. The lowest BCUT2D eigenvalue weighted by Gasteiger charge is -2.20. The van der Waals surface area contributed by atoms with Crippen LogP contribution in [-0.2, 0) is 16.1 Å². The Morgan fingerprint density at radius 1 is 1.00 bits per heavy atom. The molecule has 0 fully saturated rings. The van der Waals surface area contributed by atoms with Gasteiger partial charge in [-0.3, -0.25) is 9.59 Å². The molecule has 0 aliphatic heterocycles. The third-order valence-electron chi connectivity index (χ3n) is 4.46. The van der Waals surface area contributed by atoms with E-state index in [-0.39, 0.29) is 11.8 Å². The second-order valence-electron chi connectivity index (χ2n) is 6.59. The first-order chi connectivity index (χ1) is 14.5. The first-order valence-electron chi connectivity index (χ1n) is 10.2. The maximum Gasteiger partial charge on any atom is 0.248 e. The van der Waals surface area contributed by atoms with Crippen LogP contribution in [0.5, 0.6) is 11.5 Å². The molecule has 6 nitrogen and oxygen atoms in total. The van der Waals surface area contributed by atoms with E-state index in [2.05, 4.69) is 5.32 Å². The zero-order valence-corrected chi connectivity index (χ0v) is 18.1. The standard InChI is InChI=1S/C24H30N2O4/c1-5-26(18(4)27)17-20-10-8-9-11-21(20)25-24(28)15-13-19-12-14-22(29-6-2)23(16-19)30-7-3/h8-16H,5-7,17H2,1-4H3,(H,25,28)/b15-13+. The summed E-state index contributed by atoms with van der Waals surface area (Å²) in [5.74, 6) is 1.08. The summed E-state index contributed by atoms with van der Waals surface area (Å²) >= 11 is 0. The van der Waals surface area contributed by atoms with Gasteiger partial charge in [0.05, 0.1) is 13.2 Å². The quantitative estimate of drug-likeness (QED) is 0.586. The van der Waals surface area contributed by atoms with Gasteiger partial charge in [-0.2, -0.15) is 0 Å². The number of rotatable bonds is 10. The highest BCUT2D eigenvalue weighted by Gasteiger charge is 2.11. The fourth-order valence-corrected chi connectivity index (χ4v) is 2.95. The van der Waals surface area contributed by atoms with Crippen LogP contribution < -0.4 is 14.8 Å². The summed E-state index contributed by atoms with van der Waals surface area (Å²) in [6.45, 7) is 9.44. The highest BCUT2D eigenvalue weighted by Crippen LogP contribution is 2.29.